The molecule has 0 saturated heterocycles. The lowest BCUT2D eigenvalue weighted by atomic mass is 10.2. The van der Waals surface area contributed by atoms with Gasteiger partial charge in [0.1, 0.15) is 5.82 Å². The fraction of sp³-hybridized carbons (Fsp3) is 0.143. The minimum Gasteiger partial charge on any atom is -0.381 e. The van der Waals surface area contributed by atoms with Gasteiger partial charge in [0.2, 0.25) is 0 Å². The van der Waals surface area contributed by atoms with Crippen LogP contribution in [0.4, 0.5) is 10.1 Å². The van der Waals surface area contributed by atoms with Crippen LogP contribution in [0.25, 0.3) is 0 Å². The molecule has 0 heterocycles. The lowest BCUT2D eigenvalue weighted by Crippen LogP contribution is -2.00. The molecule has 0 bridgehead atoms. The number of halogens is 3. The Morgan fingerprint density at radius 2 is 2.00 bits per heavy atom. The highest BCUT2D eigenvalue weighted by Gasteiger charge is 2.02. The molecule has 0 aliphatic carbocycles. The maximum atomic E-state index is 13.3. The van der Waals surface area contributed by atoms with Crippen LogP contribution in [0.1, 0.15) is 11.1 Å². The third-order valence-corrected chi connectivity index (χ3v) is 3.81. The summed E-state index contributed by atoms with van der Waals surface area (Å²) >= 11 is 9.11. The van der Waals surface area contributed by atoms with Gasteiger partial charge in [-0.25, -0.2) is 4.39 Å². The quantitative estimate of drug-likeness (QED) is 0.820. The van der Waals surface area contributed by atoms with E-state index >= 15 is 0 Å². The van der Waals surface area contributed by atoms with Gasteiger partial charge >= 0.3 is 0 Å². The van der Waals surface area contributed by atoms with Gasteiger partial charge in [-0.2, -0.15) is 0 Å². The lowest BCUT2D eigenvalue weighted by Gasteiger charge is -2.08. The van der Waals surface area contributed by atoms with Crippen LogP contribution in [0.5, 0.6) is 0 Å². The Bertz CT molecular complexity index is 520. The van der Waals surface area contributed by atoms with Gasteiger partial charge < -0.3 is 5.32 Å². The summed E-state index contributed by atoms with van der Waals surface area (Å²) in [6.07, 6.45) is 0. The van der Waals surface area contributed by atoms with Gasteiger partial charge in [-0.15, -0.1) is 0 Å². The minimum absolute atomic E-state index is 0.150. The largest absolute Gasteiger partial charge is 0.381 e. The zero-order valence-electron chi connectivity index (χ0n) is 9.81. The van der Waals surface area contributed by atoms with Crippen molar-refractivity contribution in [2.75, 3.05) is 5.32 Å². The monoisotopic (exact) mass is 327 g/mol. The highest BCUT2D eigenvalue weighted by Crippen LogP contribution is 2.21. The summed E-state index contributed by atoms with van der Waals surface area (Å²) in [6.45, 7) is 2.59. The van der Waals surface area contributed by atoms with Crippen LogP contribution in [0, 0.1) is 12.7 Å². The van der Waals surface area contributed by atoms with Crippen LogP contribution in [-0.2, 0) is 6.54 Å². The number of rotatable bonds is 3. The smallest absolute Gasteiger partial charge is 0.142 e. The molecular weight excluding hydrogens is 317 g/mol. The molecule has 0 aliphatic rings. The summed E-state index contributed by atoms with van der Waals surface area (Å²) in [5, 5.41) is 3.39. The van der Waals surface area contributed by atoms with E-state index in [0.717, 1.165) is 15.7 Å². The first-order valence-electron chi connectivity index (χ1n) is 5.50. The second kappa shape index (κ2) is 5.72. The van der Waals surface area contributed by atoms with E-state index in [4.69, 9.17) is 11.6 Å². The van der Waals surface area contributed by atoms with Crippen molar-refractivity contribution in [3.63, 3.8) is 0 Å². The summed E-state index contributed by atoms with van der Waals surface area (Å²) in [6, 6.07) is 10.8. The molecule has 0 saturated carbocycles. The third-order valence-electron chi connectivity index (χ3n) is 2.65. The number of benzene rings is 2. The van der Waals surface area contributed by atoms with Crippen molar-refractivity contribution in [3.05, 3.63) is 62.8 Å². The molecule has 0 unspecified atom stereocenters. The van der Waals surface area contributed by atoms with Gasteiger partial charge in [-0.1, -0.05) is 39.7 Å². The molecule has 18 heavy (non-hydrogen) atoms. The molecule has 0 fully saturated rings. The number of hydrogen-bond acceptors (Lipinski definition) is 1. The predicted molar refractivity (Wildman–Crippen MR) is 77.6 cm³/mol. The molecule has 0 aliphatic heterocycles. The molecule has 0 amide bonds. The van der Waals surface area contributed by atoms with E-state index in [0.29, 0.717) is 6.54 Å². The van der Waals surface area contributed by atoms with Gasteiger partial charge in [0.05, 0.1) is 5.02 Å². The van der Waals surface area contributed by atoms with E-state index in [9.17, 15) is 4.39 Å². The average molecular weight is 329 g/mol. The maximum Gasteiger partial charge on any atom is 0.142 e. The lowest BCUT2D eigenvalue weighted by molar-refractivity contribution is 0.626. The van der Waals surface area contributed by atoms with Crippen LogP contribution >= 0.6 is 27.5 Å². The van der Waals surface area contributed by atoms with E-state index in [-0.39, 0.29) is 10.8 Å². The number of aryl methyl sites for hydroxylation is 1. The number of hydrogen-bond donors (Lipinski definition) is 1. The normalized spacial score (nSPS) is 10.4. The van der Waals surface area contributed by atoms with Crippen molar-refractivity contribution in [1.29, 1.82) is 0 Å². The Kier molecular flexibility index (Phi) is 4.25. The molecule has 1 nitrogen and oxygen atoms in total. The van der Waals surface area contributed by atoms with Gasteiger partial charge in [0.25, 0.3) is 0 Å². The Morgan fingerprint density at radius 3 is 2.67 bits per heavy atom. The predicted octanol–water partition coefficient (Wildman–Crippen LogP) is 5.16. The van der Waals surface area contributed by atoms with Crippen LogP contribution in [0.3, 0.4) is 0 Å². The average Bonchev–Trinajstić information content (AvgIpc) is 2.35. The molecule has 2 rings (SSSR count). The molecule has 1 N–H and O–H groups in total. The summed E-state index contributed by atoms with van der Waals surface area (Å²) in [4.78, 5) is 0. The zero-order valence-corrected chi connectivity index (χ0v) is 12.1. The minimum atomic E-state index is -0.388. The molecule has 4 heteroatoms. The molecule has 0 atom stereocenters. The molecule has 0 radical (unpaired) electrons. The van der Waals surface area contributed by atoms with Gasteiger partial charge in [0.15, 0.2) is 0 Å². The summed E-state index contributed by atoms with van der Waals surface area (Å²) in [7, 11) is 0. The first-order valence-corrected chi connectivity index (χ1v) is 6.67. The van der Waals surface area contributed by atoms with Gasteiger partial charge in [-0.05, 0) is 42.3 Å². The number of anilines is 1. The summed E-state index contributed by atoms with van der Waals surface area (Å²) < 4.78 is 14.3. The molecule has 0 aromatic heterocycles. The first-order chi connectivity index (χ1) is 8.56. The Hall–Kier alpha value is -1.06. The Labute approximate surface area is 119 Å². The van der Waals surface area contributed by atoms with Crippen molar-refractivity contribution in [2.45, 2.75) is 13.5 Å². The second-order valence-electron chi connectivity index (χ2n) is 4.07. The van der Waals surface area contributed by atoms with Crippen LogP contribution in [-0.4, -0.2) is 0 Å². The van der Waals surface area contributed by atoms with E-state index in [2.05, 4.69) is 21.2 Å². The van der Waals surface area contributed by atoms with Gasteiger partial charge in [0, 0.05) is 16.7 Å². The van der Waals surface area contributed by atoms with Gasteiger partial charge in [-0.3, -0.25) is 0 Å². The van der Waals surface area contributed by atoms with E-state index in [1.165, 1.54) is 11.6 Å². The van der Waals surface area contributed by atoms with E-state index < -0.39 is 0 Å². The van der Waals surface area contributed by atoms with Crippen LogP contribution in [0.2, 0.25) is 5.02 Å². The Morgan fingerprint density at radius 1 is 1.22 bits per heavy atom. The number of nitrogens with one attached hydrogen (secondary N) is 1. The third kappa shape index (κ3) is 3.24. The summed E-state index contributed by atoms with van der Waals surface area (Å²) in [5.74, 6) is -0.388. The fourth-order valence-electron chi connectivity index (χ4n) is 1.56. The van der Waals surface area contributed by atoms with E-state index in [1.54, 1.807) is 6.07 Å². The highest BCUT2D eigenvalue weighted by molar-refractivity contribution is 9.10. The molecule has 2 aromatic carbocycles. The first kappa shape index (κ1) is 13.4. The van der Waals surface area contributed by atoms with Crippen molar-refractivity contribution in [2.24, 2.45) is 0 Å². The zero-order chi connectivity index (χ0) is 13.1. The van der Waals surface area contributed by atoms with Crippen LogP contribution < -0.4 is 5.32 Å². The van der Waals surface area contributed by atoms with Crippen molar-refractivity contribution < 1.29 is 4.39 Å². The second-order valence-corrected chi connectivity index (χ2v) is 5.33. The maximum absolute atomic E-state index is 13.3. The molecule has 94 valence electrons. The Balaban J connectivity index is 2.06. The summed E-state index contributed by atoms with van der Waals surface area (Å²) in [5.41, 5.74) is 3.02. The topological polar surface area (TPSA) is 12.0 Å². The van der Waals surface area contributed by atoms with Crippen LogP contribution in [0.15, 0.2) is 40.9 Å². The van der Waals surface area contributed by atoms with Crippen molar-refractivity contribution in [3.8, 4) is 0 Å². The molecular formula is C14H12BrClFN. The van der Waals surface area contributed by atoms with Crippen molar-refractivity contribution in [1.82, 2.24) is 0 Å². The molecule has 0 spiro atoms. The highest BCUT2D eigenvalue weighted by atomic mass is 79.9. The van der Waals surface area contributed by atoms with Crippen molar-refractivity contribution >= 4 is 33.2 Å². The SMILES string of the molecule is Cc1ccc(NCc2ccc(Cl)c(F)c2)cc1Br. The molecule has 2 aromatic rings. The fourth-order valence-corrected chi connectivity index (χ4v) is 2.05. The van der Waals surface area contributed by atoms with E-state index in [1.807, 2.05) is 31.2 Å². The standard InChI is InChI=1S/C14H12BrClFN/c1-9-2-4-11(7-12(9)15)18-8-10-3-5-13(16)14(17)6-10/h2-7,18H,8H2,1H3.